The molecule has 0 spiro atoms. The summed E-state index contributed by atoms with van der Waals surface area (Å²) in [4.78, 5) is 11.8. The highest BCUT2D eigenvalue weighted by atomic mass is 16.5. The van der Waals surface area contributed by atoms with E-state index in [2.05, 4.69) is 15.5 Å². The van der Waals surface area contributed by atoms with Crippen LogP contribution in [0.1, 0.15) is 10.4 Å². The average molecular weight is 247 g/mol. The van der Waals surface area contributed by atoms with Crippen molar-refractivity contribution >= 4 is 11.6 Å². The molecule has 0 bridgehead atoms. The molecule has 0 saturated carbocycles. The molecule has 1 aromatic carbocycles. The maximum absolute atomic E-state index is 11.8. The van der Waals surface area contributed by atoms with Crippen LogP contribution in [-0.2, 0) is 0 Å². The van der Waals surface area contributed by atoms with Gasteiger partial charge in [0.25, 0.3) is 5.91 Å². The summed E-state index contributed by atoms with van der Waals surface area (Å²) in [6.07, 6.45) is 2.98. The molecule has 94 valence electrons. The molecule has 1 aromatic heterocycles. The predicted octanol–water partition coefficient (Wildman–Crippen LogP) is 1.68. The van der Waals surface area contributed by atoms with Crippen molar-refractivity contribution in [3.8, 4) is 11.5 Å². The van der Waals surface area contributed by atoms with E-state index in [0.717, 1.165) is 0 Å². The summed E-state index contributed by atoms with van der Waals surface area (Å²) in [5.41, 5.74) is 1.09. The lowest BCUT2D eigenvalue weighted by Crippen LogP contribution is -2.11. The number of amides is 1. The topological polar surface area (TPSA) is 76.2 Å². The molecule has 0 aliphatic carbocycles. The first-order valence-electron chi connectivity index (χ1n) is 5.26. The Morgan fingerprint density at radius 1 is 1.28 bits per heavy atom. The number of carbonyl (C=O) groups is 1. The smallest absolute Gasteiger partial charge is 0.258 e. The first kappa shape index (κ1) is 12.0. The third-order valence-corrected chi connectivity index (χ3v) is 2.40. The van der Waals surface area contributed by atoms with Gasteiger partial charge in [-0.05, 0) is 12.1 Å². The molecule has 1 heterocycles. The number of carbonyl (C=O) groups excluding carboxylic acids is 1. The standard InChI is InChI=1S/C12H13N3O3/c1-17-10-4-3-9(5-11(10)18-2)15-12(16)8-6-13-14-7-8/h3-7H,1-2H3,(H,13,14)(H,15,16). The zero-order valence-corrected chi connectivity index (χ0v) is 10.1. The minimum atomic E-state index is -0.240. The van der Waals surface area contributed by atoms with Gasteiger partial charge in [-0.15, -0.1) is 0 Å². The summed E-state index contributed by atoms with van der Waals surface area (Å²) in [5.74, 6) is 0.928. The third-order valence-electron chi connectivity index (χ3n) is 2.40. The minimum Gasteiger partial charge on any atom is -0.493 e. The molecule has 1 amide bonds. The summed E-state index contributed by atoms with van der Waals surface area (Å²) in [5, 5.41) is 9.03. The lowest BCUT2D eigenvalue weighted by molar-refractivity contribution is 0.102. The Morgan fingerprint density at radius 3 is 2.67 bits per heavy atom. The lowest BCUT2D eigenvalue weighted by atomic mass is 10.2. The van der Waals surface area contributed by atoms with Crippen LogP contribution in [0.15, 0.2) is 30.6 Å². The number of hydrogen-bond acceptors (Lipinski definition) is 4. The number of H-pyrrole nitrogens is 1. The number of benzene rings is 1. The van der Waals surface area contributed by atoms with E-state index in [-0.39, 0.29) is 5.91 Å². The molecule has 6 nitrogen and oxygen atoms in total. The Kier molecular flexibility index (Phi) is 3.47. The Bertz CT molecular complexity index is 538. The maximum atomic E-state index is 11.8. The highest BCUT2D eigenvalue weighted by molar-refractivity contribution is 6.04. The monoisotopic (exact) mass is 247 g/mol. The van der Waals surface area contributed by atoms with Crippen molar-refractivity contribution < 1.29 is 14.3 Å². The molecule has 0 unspecified atom stereocenters. The second-order valence-electron chi connectivity index (χ2n) is 3.51. The van der Waals surface area contributed by atoms with E-state index < -0.39 is 0 Å². The molecule has 0 fully saturated rings. The van der Waals surface area contributed by atoms with Crippen LogP contribution in [0.3, 0.4) is 0 Å². The van der Waals surface area contributed by atoms with Crippen LogP contribution in [0.25, 0.3) is 0 Å². The van der Waals surface area contributed by atoms with Crippen molar-refractivity contribution in [3.05, 3.63) is 36.2 Å². The maximum Gasteiger partial charge on any atom is 0.258 e. The largest absolute Gasteiger partial charge is 0.493 e. The number of ether oxygens (including phenoxy) is 2. The molecule has 6 heteroatoms. The molecule has 0 radical (unpaired) electrons. The van der Waals surface area contributed by atoms with E-state index in [9.17, 15) is 4.79 Å². The van der Waals surface area contributed by atoms with E-state index in [1.807, 2.05) is 0 Å². The van der Waals surface area contributed by atoms with Crippen LogP contribution in [0, 0.1) is 0 Å². The molecule has 0 aliphatic rings. The van der Waals surface area contributed by atoms with E-state index in [0.29, 0.717) is 22.7 Å². The molecule has 2 N–H and O–H groups in total. The predicted molar refractivity (Wildman–Crippen MR) is 66.1 cm³/mol. The number of aromatic nitrogens is 2. The van der Waals surface area contributed by atoms with Crippen molar-refractivity contribution in [2.75, 3.05) is 19.5 Å². The zero-order chi connectivity index (χ0) is 13.0. The van der Waals surface area contributed by atoms with Crippen molar-refractivity contribution in [1.29, 1.82) is 0 Å². The van der Waals surface area contributed by atoms with Crippen LogP contribution in [0.2, 0.25) is 0 Å². The summed E-state index contributed by atoms with van der Waals surface area (Å²) < 4.78 is 10.3. The number of nitrogens with one attached hydrogen (secondary N) is 2. The van der Waals surface area contributed by atoms with Crippen LogP contribution in [0.5, 0.6) is 11.5 Å². The van der Waals surface area contributed by atoms with Gasteiger partial charge in [-0.3, -0.25) is 9.89 Å². The van der Waals surface area contributed by atoms with Crippen molar-refractivity contribution in [1.82, 2.24) is 10.2 Å². The first-order chi connectivity index (χ1) is 8.74. The molecule has 0 aliphatic heterocycles. The van der Waals surface area contributed by atoms with Gasteiger partial charge in [-0.1, -0.05) is 0 Å². The fourth-order valence-electron chi connectivity index (χ4n) is 1.49. The lowest BCUT2D eigenvalue weighted by Gasteiger charge is -2.10. The normalized spacial score (nSPS) is 9.89. The van der Waals surface area contributed by atoms with E-state index in [1.165, 1.54) is 12.4 Å². The Balaban J connectivity index is 2.17. The summed E-state index contributed by atoms with van der Waals surface area (Å²) in [6.45, 7) is 0. The number of rotatable bonds is 4. The Hall–Kier alpha value is -2.50. The molecule has 0 saturated heterocycles. The summed E-state index contributed by atoms with van der Waals surface area (Å²) >= 11 is 0. The Morgan fingerprint density at radius 2 is 2.06 bits per heavy atom. The van der Waals surface area contributed by atoms with E-state index in [1.54, 1.807) is 32.4 Å². The van der Waals surface area contributed by atoms with Gasteiger partial charge in [-0.2, -0.15) is 5.10 Å². The molecule has 0 atom stereocenters. The fourth-order valence-corrected chi connectivity index (χ4v) is 1.49. The van der Waals surface area contributed by atoms with E-state index in [4.69, 9.17) is 9.47 Å². The zero-order valence-electron chi connectivity index (χ0n) is 10.1. The van der Waals surface area contributed by atoms with Gasteiger partial charge in [0.05, 0.1) is 26.0 Å². The molecular weight excluding hydrogens is 234 g/mol. The number of nitrogens with zero attached hydrogens (tertiary/aromatic N) is 1. The molecule has 18 heavy (non-hydrogen) atoms. The van der Waals surface area contributed by atoms with Crippen LogP contribution in [0.4, 0.5) is 5.69 Å². The molecule has 2 aromatic rings. The van der Waals surface area contributed by atoms with Gasteiger partial charge < -0.3 is 14.8 Å². The molecule has 2 rings (SSSR count). The number of anilines is 1. The summed E-state index contributed by atoms with van der Waals surface area (Å²) in [7, 11) is 3.10. The quantitative estimate of drug-likeness (QED) is 0.861. The van der Waals surface area contributed by atoms with Crippen LogP contribution in [-0.4, -0.2) is 30.3 Å². The second-order valence-corrected chi connectivity index (χ2v) is 3.51. The van der Waals surface area contributed by atoms with E-state index >= 15 is 0 Å². The summed E-state index contributed by atoms with van der Waals surface area (Å²) in [6, 6.07) is 5.15. The van der Waals surface area contributed by atoms with Crippen molar-refractivity contribution in [2.24, 2.45) is 0 Å². The highest BCUT2D eigenvalue weighted by Crippen LogP contribution is 2.29. The van der Waals surface area contributed by atoms with Gasteiger partial charge in [0.2, 0.25) is 0 Å². The van der Waals surface area contributed by atoms with Gasteiger partial charge in [0.1, 0.15) is 0 Å². The third kappa shape index (κ3) is 2.42. The van der Waals surface area contributed by atoms with Crippen molar-refractivity contribution in [2.45, 2.75) is 0 Å². The fraction of sp³-hybridized carbons (Fsp3) is 0.167. The number of hydrogen-bond donors (Lipinski definition) is 2. The average Bonchev–Trinajstić information content (AvgIpc) is 2.92. The Labute approximate surface area is 104 Å². The van der Waals surface area contributed by atoms with Gasteiger partial charge in [0, 0.05) is 18.0 Å². The minimum absolute atomic E-state index is 0.240. The number of methoxy groups -OCH3 is 2. The second kappa shape index (κ2) is 5.22. The number of aromatic amines is 1. The first-order valence-corrected chi connectivity index (χ1v) is 5.26. The van der Waals surface area contributed by atoms with Crippen LogP contribution >= 0.6 is 0 Å². The SMILES string of the molecule is COc1ccc(NC(=O)c2cn[nH]c2)cc1OC. The van der Waals surface area contributed by atoms with Gasteiger partial charge in [0.15, 0.2) is 11.5 Å². The molecular formula is C12H13N3O3. The van der Waals surface area contributed by atoms with Gasteiger partial charge >= 0.3 is 0 Å². The van der Waals surface area contributed by atoms with Gasteiger partial charge in [-0.25, -0.2) is 0 Å². The van der Waals surface area contributed by atoms with Crippen molar-refractivity contribution in [3.63, 3.8) is 0 Å². The van der Waals surface area contributed by atoms with Crippen LogP contribution < -0.4 is 14.8 Å². The highest BCUT2D eigenvalue weighted by Gasteiger charge is 2.09.